The number of aromatic nitrogens is 2. The first-order valence-corrected chi connectivity index (χ1v) is 7.62. The first-order chi connectivity index (χ1) is 9.79. The van der Waals surface area contributed by atoms with E-state index in [0.717, 1.165) is 18.4 Å². The Balaban J connectivity index is 1.88. The summed E-state index contributed by atoms with van der Waals surface area (Å²) in [5.41, 5.74) is 3.64. The van der Waals surface area contributed by atoms with Crippen LogP contribution in [0.25, 0.3) is 11.0 Å². The number of fused-ring (bicyclic) bond motifs is 1. The zero-order valence-electron chi connectivity index (χ0n) is 12.1. The van der Waals surface area contributed by atoms with Crippen LogP contribution in [-0.2, 0) is 13.5 Å². The van der Waals surface area contributed by atoms with E-state index in [1.165, 1.54) is 42.6 Å². The van der Waals surface area contributed by atoms with Gasteiger partial charge in [0.2, 0.25) is 0 Å². The minimum absolute atomic E-state index is 0.633. The minimum atomic E-state index is 0.633. The molecule has 0 radical (unpaired) electrons. The fourth-order valence-electron chi connectivity index (χ4n) is 3.34. The molecule has 1 saturated carbocycles. The van der Waals surface area contributed by atoms with Gasteiger partial charge in [-0.05, 0) is 43.4 Å². The molecule has 0 aliphatic heterocycles. The molecule has 1 aromatic heterocycles. The van der Waals surface area contributed by atoms with Crippen molar-refractivity contribution in [3.05, 3.63) is 29.6 Å². The lowest BCUT2D eigenvalue weighted by molar-refractivity contribution is 0.639. The fraction of sp³-hybridized carbons (Fsp3) is 0.529. The van der Waals surface area contributed by atoms with Crippen LogP contribution in [0, 0.1) is 11.3 Å². The molecule has 0 saturated heterocycles. The molecule has 0 bridgehead atoms. The molecule has 1 aromatic carbocycles. The van der Waals surface area contributed by atoms with Crippen LogP contribution in [0.15, 0.2) is 18.2 Å². The quantitative estimate of drug-likeness (QED) is 0.783. The number of hydrogen-bond acceptors (Lipinski definition) is 2. The number of nitriles is 1. The summed E-state index contributed by atoms with van der Waals surface area (Å²) in [5.74, 6) is 1.90. The monoisotopic (exact) mass is 267 g/mol. The maximum Gasteiger partial charge on any atom is 0.112 e. The number of rotatable bonds is 4. The molecule has 104 valence electrons. The lowest BCUT2D eigenvalue weighted by atomic mass is 10.1. The lowest BCUT2D eigenvalue weighted by Crippen LogP contribution is -2.02. The number of unbranched alkanes of at least 4 members (excludes halogenated alkanes) is 1. The van der Waals surface area contributed by atoms with Crippen molar-refractivity contribution in [1.29, 1.82) is 5.26 Å². The predicted octanol–water partition coefficient (Wildman–Crippen LogP) is 4.08. The Labute approximate surface area is 120 Å². The summed E-state index contributed by atoms with van der Waals surface area (Å²) in [7, 11) is 2.14. The van der Waals surface area contributed by atoms with Gasteiger partial charge in [0.1, 0.15) is 5.82 Å². The van der Waals surface area contributed by atoms with Crippen molar-refractivity contribution in [3.63, 3.8) is 0 Å². The molecule has 20 heavy (non-hydrogen) atoms. The van der Waals surface area contributed by atoms with Gasteiger partial charge >= 0.3 is 0 Å². The van der Waals surface area contributed by atoms with E-state index in [0.29, 0.717) is 12.3 Å². The predicted molar refractivity (Wildman–Crippen MR) is 80.5 cm³/mol. The van der Waals surface area contributed by atoms with Gasteiger partial charge in [0, 0.05) is 19.4 Å². The van der Waals surface area contributed by atoms with E-state index in [1.54, 1.807) is 0 Å². The van der Waals surface area contributed by atoms with Gasteiger partial charge in [-0.25, -0.2) is 4.98 Å². The molecule has 1 aliphatic carbocycles. The minimum Gasteiger partial charge on any atom is -0.331 e. The number of aryl methyl sites for hydroxylation is 2. The summed E-state index contributed by atoms with van der Waals surface area (Å²) in [5, 5.41) is 8.61. The molecule has 0 unspecified atom stereocenters. The zero-order valence-corrected chi connectivity index (χ0v) is 12.1. The highest BCUT2D eigenvalue weighted by Crippen LogP contribution is 2.34. The Kier molecular flexibility index (Phi) is 3.73. The lowest BCUT2D eigenvalue weighted by Gasteiger charge is -2.08. The van der Waals surface area contributed by atoms with Gasteiger partial charge < -0.3 is 4.57 Å². The van der Waals surface area contributed by atoms with Crippen LogP contribution in [0.1, 0.15) is 55.8 Å². The van der Waals surface area contributed by atoms with E-state index in [2.05, 4.69) is 35.9 Å². The largest absolute Gasteiger partial charge is 0.331 e. The van der Waals surface area contributed by atoms with Crippen molar-refractivity contribution in [2.45, 2.75) is 50.9 Å². The summed E-state index contributed by atoms with van der Waals surface area (Å²) in [6, 6.07) is 8.77. The zero-order chi connectivity index (χ0) is 13.9. The van der Waals surface area contributed by atoms with E-state index < -0.39 is 0 Å². The van der Waals surface area contributed by atoms with E-state index in [1.807, 2.05) is 0 Å². The molecule has 0 amide bonds. The number of imidazole rings is 1. The van der Waals surface area contributed by atoms with Crippen LogP contribution >= 0.6 is 0 Å². The van der Waals surface area contributed by atoms with Crippen molar-refractivity contribution in [2.75, 3.05) is 0 Å². The summed E-state index contributed by atoms with van der Waals surface area (Å²) >= 11 is 0. The molecule has 1 heterocycles. The van der Waals surface area contributed by atoms with Gasteiger partial charge in [0.15, 0.2) is 0 Å². The van der Waals surface area contributed by atoms with Crippen LogP contribution in [-0.4, -0.2) is 9.55 Å². The second-order valence-corrected chi connectivity index (χ2v) is 5.85. The normalized spacial score (nSPS) is 15.8. The Morgan fingerprint density at radius 1 is 1.35 bits per heavy atom. The highest BCUT2D eigenvalue weighted by molar-refractivity contribution is 5.77. The van der Waals surface area contributed by atoms with Crippen LogP contribution < -0.4 is 0 Å². The SMILES string of the molecule is Cn1c(C2CCCC2)nc2cc(CCCC#N)ccc21. The highest BCUT2D eigenvalue weighted by Gasteiger charge is 2.22. The molecule has 3 heteroatoms. The van der Waals surface area contributed by atoms with Crippen LogP contribution in [0.4, 0.5) is 0 Å². The molecule has 0 atom stereocenters. The van der Waals surface area contributed by atoms with Crippen molar-refractivity contribution in [1.82, 2.24) is 9.55 Å². The van der Waals surface area contributed by atoms with E-state index in [-0.39, 0.29) is 0 Å². The summed E-state index contributed by atoms with van der Waals surface area (Å²) in [4.78, 5) is 4.88. The smallest absolute Gasteiger partial charge is 0.112 e. The highest BCUT2D eigenvalue weighted by atomic mass is 15.1. The Hall–Kier alpha value is -1.82. The number of nitrogens with zero attached hydrogens (tertiary/aromatic N) is 3. The molecule has 2 aromatic rings. The molecule has 1 fully saturated rings. The summed E-state index contributed by atoms with van der Waals surface area (Å²) in [6.45, 7) is 0. The van der Waals surface area contributed by atoms with Crippen LogP contribution in [0.3, 0.4) is 0 Å². The molecule has 1 aliphatic rings. The topological polar surface area (TPSA) is 41.6 Å². The maximum atomic E-state index is 8.61. The second kappa shape index (κ2) is 5.66. The number of hydrogen-bond donors (Lipinski definition) is 0. The van der Waals surface area contributed by atoms with E-state index in [9.17, 15) is 0 Å². The third-order valence-electron chi connectivity index (χ3n) is 4.45. The van der Waals surface area contributed by atoms with Crippen molar-refractivity contribution in [3.8, 4) is 6.07 Å². The Bertz CT molecular complexity index is 642. The molecular weight excluding hydrogens is 246 g/mol. The Morgan fingerprint density at radius 2 is 2.15 bits per heavy atom. The van der Waals surface area contributed by atoms with Gasteiger partial charge in [-0.15, -0.1) is 0 Å². The third-order valence-corrected chi connectivity index (χ3v) is 4.45. The first-order valence-electron chi connectivity index (χ1n) is 7.62. The molecule has 3 rings (SSSR count). The van der Waals surface area contributed by atoms with Gasteiger partial charge in [0.25, 0.3) is 0 Å². The first kappa shape index (κ1) is 13.2. The van der Waals surface area contributed by atoms with Gasteiger partial charge in [0.05, 0.1) is 17.1 Å². The molecule has 3 nitrogen and oxygen atoms in total. The van der Waals surface area contributed by atoms with E-state index >= 15 is 0 Å². The number of benzene rings is 1. The summed E-state index contributed by atoms with van der Waals surface area (Å²) < 4.78 is 2.27. The average Bonchev–Trinajstić information content (AvgIpc) is 3.07. The van der Waals surface area contributed by atoms with Crippen molar-refractivity contribution >= 4 is 11.0 Å². The van der Waals surface area contributed by atoms with Gasteiger partial charge in [-0.3, -0.25) is 0 Å². The van der Waals surface area contributed by atoms with Crippen molar-refractivity contribution < 1.29 is 0 Å². The third kappa shape index (κ3) is 2.43. The van der Waals surface area contributed by atoms with Gasteiger partial charge in [-0.2, -0.15) is 5.26 Å². The summed E-state index contributed by atoms with van der Waals surface area (Å²) in [6.07, 6.45) is 7.79. The average molecular weight is 267 g/mol. The maximum absolute atomic E-state index is 8.61. The van der Waals surface area contributed by atoms with Gasteiger partial charge in [-0.1, -0.05) is 18.9 Å². The Morgan fingerprint density at radius 3 is 2.90 bits per heavy atom. The molecular formula is C17H21N3. The van der Waals surface area contributed by atoms with Crippen LogP contribution in [0.2, 0.25) is 0 Å². The molecule has 0 spiro atoms. The fourth-order valence-corrected chi connectivity index (χ4v) is 3.34. The van der Waals surface area contributed by atoms with Crippen LogP contribution in [0.5, 0.6) is 0 Å². The van der Waals surface area contributed by atoms with Crippen molar-refractivity contribution in [2.24, 2.45) is 7.05 Å². The molecule has 0 N–H and O–H groups in total. The standard InChI is InChI=1S/C17H21N3/c1-20-16-10-9-13(6-4-5-11-18)12-15(16)19-17(20)14-7-2-3-8-14/h9-10,12,14H,2-8H2,1H3. The van der Waals surface area contributed by atoms with E-state index in [4.69, 9.17) is 10.2 Å². The second-order valence-electron chi connectivity index (χ2n) is 5.85.